The number of rotatable bonds is 7. The van der Waals surface area contributed by atoms with E-state index in [0.717, 1.165) is 0 Å². The van der Waals surface area contributed by atoms with Gasteiger partial charge in [-0.2, -0.15) is 0 Å². The third-order valence-corrected chi connectivity index (χ3v) is 5.41. The molecule has 2 aromatic carbocycles. The Kier molecular flexibility index (Phi) is 8.09. The minimum Gasteiger partial charge on any atom is -0.350 e. The van der Waals surface area contributed by atoms with Crippen LogP contribution in [-0.2, 0) is 15.6 Å². The number of carbonyl (C=O) groups is 1. The molecule has 1 amide bonds. The Hall–Kier alpha value is -1.89. The van der Waals surface area contributed by atoms with Gasteiger partial charge in [0.05, 0.1) is 10.6 Å². The van der Waals surface area contributed by atoms with Crippen molar-refractivity contribution in [1.29, 1.82) is 0 Å². The molecule has 0 bridgehead atoms. The van der Waals surface area contributed by atoms with Gasteiger partial charge >= 0.3 is 0 Å². The van der Waals surface area contributed by atoms with E-state index in [1.54, 1.807) is 54.6 Å². The summed E-state index contributed by atoms with van der Waals surface area (Å²) in [4.78, 5) is 12.4. The van der Waals surface area contributed by atoms with Crippen LogP contribution in [0, 0.1) is 0 Å². The van der Waals surface area contributed by atoms with Gasteiger partial charge in [-0.3, -0.25) is 4.79 Å². The summed E-state index contributed by atoms with van der Waals surface area (Å²) in [6, 6.07) is 15.2. The maximum absolute atomic E-state index is 12.4. The Morgan fingerprint density at radius 2 is 1.76 bits per heavy atom. The van der Waals surface area contributed by atoms with E-state index in [9.17, 15) is 13.2 Å². The molecule has 5 nitrogen and oxygen atoms in total. The van der Waals surface area contributed by atoms with Crippen LogP contribution in [0.15, 0.2) is 59.5 Å². The van der Waals surface area contributed by atoms with Crippen LogP contribution in [0.1, 0.15) is 22.8 Å². The van der Waals surface area contributed by atoms with Crippen molar-refractivity contribution in [1.82, 2.24) is 10.6 Å². The SMILES string of the molecule is CNC(C)CNC(=O)c1cccc(CS(=O)(=O)c2ccccc2)c1.Cl. The zero-order chi connectivity index (χ0) is 17.6. The standard InChI is InChI=1S/C18H22N2O3S.ClH/c1-14(19-2)12-20-18(21)16-8-6-7-15(11-16)13-24(22,23)17-9-4-3-5-10-17;/h3-11,14,19H,12-13H2,1-2H3,(H,20,21);1H. The highest BCUT2D eigenvalue weighted by Gasteiger charge is 2.16. The van der Waals surface area contributed by atoms with Gasteiger partial charge in [0.2, 0.25) is 0 Å². The fourth-order valence-electron chi connectivity index (χ4n) is 2.18. The first-order chi connectivity index (χ1) is 11.4. The lowest BCUT2D eigenvalue weighted by Gasteiger charge is -2.12. The van der Waals surface area contributed by atoms with Gasteiger partial charge in [0.1, 0.15) is 0 Å². The van der Waals surface area contributed by atoms with E-state index in [0.29, 0.717) is 17.7 Å². The lowest BCUT2D eigenvalue weighted by Crippen LogP contribution is -2.37. The zero-order valence-electron chi connectivity index (χ0n) is 14.2. The van der Waals surface area contributed by atoms with Crippen molar-refractivity contribution in [2.24, 2.45) is 0 Å². The second kappa shape index (κ2) is 9.56. The summed E-state index contributed by atoms with van der Waals surface area (Å²) in [6.07, 6.45) is 0. The van der Waals surface area contributed by atoms with Gasteiger partial charge in [-0.15, -0.1) is 12.4 Å². The zero-order valence-corrected chi connectivity index (χ0v) is 15.9. The van der Waals surface area contributed by atoms with E-state index in [2.05, 4.69) is 10.6 Å². The number of likely N-dealkylation sites (N-methyl/N-ethyl adjacent to an activating group) is 1. The van der Waals surface area contributed by atoms with Gasteiger partial charge in [-0.1, -0.05) is 30.3 Å². The first-order valence-corrected chi connectivity index (χ1v) is 9.40. The molecule has 0 spiro atoms. The number of amides is 1. The largest absolute Gasteiger partial charge is 0.350 e. The number of carbonyl (C=O) groups excluding carboxylic acids is 1. The van der Waals surface area contributed by atoms with Crippen molar-refractivity contribution in [2.75, 3.05) is 13.6 Å². The average Bonchev–Trinajstić information content (AvgIpc) is 2.60. The van der Waals surface area contributed by atoms with Crippen molar-refractivity contribution in [3.05, 3.63) is 65.7 Å². The van der Waals surface area contributed by atoms with Crippen LogP contribution in [-0.4, -0.2) is 34.0 Å². The molecule has 0 saturated heterocycles. The van der Waals surface area contributed by atoms with E-state index < -0.39 is 9.84 Å². The third kappa shape index (κ3) is 6.16. The van der Waals surface area contributed by atoms with Crippen LogP contribution in [0.2, 0.25) is 0 Å². The summed E-state index contributed by atoms with van der Waals surface area (Å²) in [5.74, 6) is -0.346. The summed E-state index contributed by atoms with van der Waals surface area (Å²) in [5, 5.41) is 5.86. The van der Waals surface area contributed by atoms with Crippen molar-refractivity contribution >= 4 is 28.2 Å². The number of nitrogens with one attached hydrogen (secondary N) is 2. The van der Waals surface area contributed by atoms with Gasteiger partial charge in [0, 0.05) is 18.2 Å². The average molecular weight is 383 g/mol. The van der Waals surface area contributed by atoms with E-state index in [4.69, 9.17) is 0 Å². The number of hydrogen-bond acceptors (Lipinski definition) is 4. The molecule has 0 heterocycles. The number of sulfone groups is 1. The van der Waals surface area contributed by atoms with Crippen LogP contribution in [0.25, 0.3) is 0 Å². The van der Waals surface area contributed by atoms with Crippen LogP contribution < -0.4 is 10.6 Å². The molecule has 136 valence electrons. The van der Waals surface area contributed by atoms with Crippen molar-refractivity contribution in [2.45, 2.75) is 23.6 Å². The van der Waals surface area contributed by atoms with Crippen LogP contribution in [0.5, 0.6) is 0 Å². The summed E-state index contributed by atoms with van der Waals surface area (Å²) < 4.78 is 24.9. The summed E-state index contributed by atoms with van der Waals surface area (Å²) in [7, 11) is -1.60. The Morgan fingerprint density at radius 3 is 2.40 bits per heavy atom. The maximum atomic E-state index is 12.4. The van der Waals surface area contributed by atoms with Crippen molar-refractivity contribution in [3.63, 3.8) is 0 Å². The normalized spacial score (nSPS) is 12.1. The van der Waals surface area contributed by atoms with Gasteiger partial charge in [-0.25, -0.2) is 8.42 Å². The fraction of sp³-hybridized carbons (Fsp3) is 0.278. The Bertz CT molecular complexity index is 795. The Labute approximate surface area is 155 Å². The highest BCUT2D eigenvalue weighted by molar-refractivity contribution is 7.90. The maximum Gasteiger partial charge on any atom is 0.251 e. The monoisotopic (exact) mass is 382 g/mol. The summed E-state index contributed by atoms with van der Waals surface area (Å²) in [5.41, 5.74) is 1.05. The molecule has 1 atom stereocenters. The molecular formula is C18H23ClN2O3S. The highest BCUT2D eigenvalue weighted by atomic mass is 35.5. The predicted molar refractivity (Wildman–Crippen MR) is 102 cm³/mol. The van der Waals surface area contributed by atoms with Gasteiger partial charge in [0.15, 0.2) is 9.84 Å². The summed E-state index contributed by atoms with van der Waals surface area (Å²) in [6.45, 7) is 2.46. The molecule has 2 N–H and O–H groups in total. The second-order valence-electron chi connectivity index (χ2n) is 5.67. The van der Waals surface area contributed by atoms with Crippen LogP contribution in [0.4, 0.5) is 0 Å². The smallest absolute Gasteiger partial charge is 0.251 e. The molecule has 0 aliphatic heterocycles. The number of hydrogen-bond donors (Lipinski definition) is 2. The lowest BCUT2D eigenvalue weighted by molar-refractivity contribution is 0.0950. The molecular weight excluding hydrogens is 360 g/mol. The Morgan fingerprint density at radius 1 is 1.08 bits per heavy atom. The van der Waals surface area contributed by atoms with Gasteiger partial charge < -0.3 is 10.6 Å². The highest BCUT2D eigenvalue weighted by Crippen LogP contribution is 2.17. The molecule has 0 fully saturated rings. The fourth-order valence-corrected chi connectivity index (χ4v) is 3.54. The van der Waals surface area contributed by atoms with E-state index >= 15 is 0 Å². The topological polar surface area (TPSA) is 75.3 Å². The first-order valence-electron chi connectivity index (χ1n) is 7.74. The molecule has 2 aromatic rings. The molecule has 7 heteroatoms. The third-order valence-electron chi connectivity index (χ3n) is 3.71. The minimum atomic E-state index is -3.43. The number of benzene rings is 2. The van der Waals surface area contributed by atoms with Gasteiger partial charge in [-0.05, 0) is 43.8 Å². The molecule has 1 unspecified atom stereocenters. The quantitative estimate of drug-likeness (QED) is 0.771. The van der Waals surface area contributed by atoms with E-state index in [1.807, 2.05) is 14.0 Å². The molecule has 0 aromatic heterocycles. The summed E-state index contributed by atoms with van der Waals surface area (Å²) >= 11 is 0. The molecule has 0 saturated carbocycles. The molecule has 0 aliphatic rings. The van der Waals surface area contributed by atoms with Gasteiger partial charge in [0.25, 0.3) is 5.91 Å². The minimum absolute atomic E-state index is 0. The predicted octanol–water partition coefficient (Wildman–Crippen LogP) is 2.42. The molecule has 2 rings (SSSR count). The van der Waals surface area contributed by atoms with Crippen molar-refractivity contribution < 1.29 is 13.2 Å². The van der Waals surface area contributed by atoms with Crippen molar-refractivity contribution in [3.8, 4) is 0 Å². The van der Waals surface area contributed by atoms with Crippen LogP contribution in [0.3, 0.4) is 0 Å². The molecule has 0 aliphatic carbocycles. The first kappa shape index (κ1) is 21.2. The lowest BCUT2D eigenvalue weighted by atomic mass is 10.1. The molecule has 0 radical (unpaired) electrons. The number of halogens is 1. The van der Waals surface area contributed by atoms with E-state index in [-0.39, 0.29) is 35.0 Å². The van der Waals surface area contributed by atoms with Crippen LogP contribution >= 0.6 is 12.4 Å². The second-order valence-corrected chi connectivity index (χ2v) is 7.66. The van der Waals surface area contributed by atoms with E-state index in [1.165, 1.54) is 0 Å². The molecule has 25 heavy (non-hydrogen) atoms. The Balaban J connectivity index is 0.00000312.